The molecule has 0 saturated heterocycles. The number of para-hydroxylation sites is 1. The molecular formula is C12H12O2. The molecule has 2 nitrogen and oxygen atoms in total. The van der Waals surface area contributed by atoms with Crippen LogP contribution in [0.2, 0.25) is 0 Å². The molecule has 2 heteroatoms. The molecule has 1 aromatic carbocycles. The minimum atomic E-state index is 0.0935. The SMILES string of the molecule is C#CCOC1CCOc2ccccc21. The van der Waals surface area contributed by atoms with Gasteiger partial charge in [-0.25, -0.2) is 0 Å². The van der Waals surface area contributed by atoms with Crippen LogP contribution in [0.25, 0.3) is 0 Å². The lowest BCUT2D eigenvalue weighted by molar-refractivity contribution is 0.0440. The fourth-order valence-corrected chi connectivity index (χ4v) is 1.63. The molecule has 2 rings (SSSR count). The van der Waals surface area contributed by atoms with Crippen LogP contribution in [0, 0.1) is 12.3 Å². The molecule has 0 saturated carbocycles. The Labute approximate surface area is 83.8 Å². The summed E-state index contributed by atoms with van der Waals surface area (Å²) in [6.07, 6.45) is 6.13. The van der Waals surface area contributed by atoms with Crippen LogP contribution in [0.15, 0.2) is 24.3 Å². The summed E-state index contributed by atoms with van der Waals surface area (Å²) in [5, 5.41) is 0. The van der Waals surface area contributed by atoms with Crippen molar-refractivity contribution in [2.75, 3.05) is 13.2 Å². The average molecular weight is 188 g/mol. The van der Waals surface area contributed by atoms with Gasteiger partial charge in [0.25, 0.3) is 0 Å². The van der Waals surface area contributed by atoms with E-state index in [0.29, 0.717) is 13.2 Å². The highest BCUT2D eigenvalue weighted by Gasteiger charge is 2.20. The van der Waals surface area contributed by atoms with E-state index in [9.17, 15) is 0 Å². The zero-order valence-electron chi connectivity index (χ0n) is 7.90. The first-order valence-corrected chi connectivity index (χ1v) is 4.68. The molecule has 0 bridgehead atoms. The summed E-state index contributed by atoms with van der Waals surface area (Å²) in [5.74, 6) is 3.40. The minimum absolute atomic E-state index is 0.0935. The van der Waals surface area contributed by atoms with Gasteiger partial charge in [-0.1, -0.05) is 24.1 Å². The summed E-state index contributed by atoms with van der Waals surface area (Å²) in [5.41, 5.74) is 1.11. The zero-order valence-corrected chi connectivity index (χ0v) is 7.90. The fraction of sp³-hybridized carbons (Fsp3) is 0.333. The summed E-state index contributed by atoms with van der Waals surface area (Å²) in [7, 11) is 0. The number of terminal acetylenes is 1. The first-order chi connectivity index (χ1) is 6.92. The zero-order chi connectivity index (χ0) is 9.80. The minimum Gasteiger partial charge on any atom is -0.493 e. The summed E-state index contributed by atoms with van der Waals surface area (Å²) >= 11 is 0. The normalized spacial score (nSPS) is 19.2. The number of rotatable bonds is 2. The van der Waals surface area contributed by atoms with Crippen molar-refractivity contribution in [3.05, 3.63) is 29.8 Å². The molecule has 0 fully saturated rings. The van der Waals surface area contributed by atoms with Crippen LogP contribution in [0.3, 0.4) is 0 Å². The van der Waals surface area contributed by atoms with Gasteiger partial charge >= 0.3 is 0 Å². The Morgan fingerprint density at radius 1 is 1.50 bits per heavy atom. The van der Waals surface area contributed by atoms with Crippen molar-refractivity contribution in [1.29, 1.82) is 0 Å². The Kier molecular flexibility index (Phi) is 2.71. The van der Waals surface area contributed by atoms with E-state index in [1.165, 1.54) is 0 Å². The van der Waals surface area contributed by atoms with Crippen molar-refractivity contribution < 1.29 is 9.47 Å². The first kappa shape index (κ1) is 9.11. The molecule has 1 heterocycles. The van der Waals surface area contributed by atoms with Crippen molar-refractivity contribution >= 4 is 0 Å². The lowest BCUT2D eigenvalue weighted by Crippen LogP contribution is -2.16. The predicted octanol–water partition coefficient (Wildman–Crippen LogP) is 2.16. The fourth-order valence-electron chi connectivity index (χ4n) is 1.63. The van der Waals surface area contributed by atoms with Crippen molar-refractivity contribution in [3.63, 3.8) is 0 Å². The lowest BCUT2D eigenvalue weighted by Gasteiger charge is -2.25. The van der Waals surface area contributed by atoms with Crippen molar-refractivity contribution in [3.8, 4) is 18.1 Å². The molecule has 0 N–H and O–H groups in total. The van der Waals surface area contributed by atoms with E-state index in [2.05, 4.69) is 5.92 Å². The van der Waals surface area contributed by atoms with Crippen LogP contribution in [0.1, 0.15) is 18.1 Å². The largest absolute Gasteiger partial charge is 0.493 e. The monoisotopic (exact) mass is 188 g/mol. The Hall–Kier alpha value is -1.46. The van der Waals surface area contributed by atoms with Crippen LogP contribution >= 0.6 is 0 Å². The number of benzene rings is 1. The average Bonchev–Trinajstić information content (AvgIpc) is 2.26. The van der Waals surface area contributed by atoms with Gasteiger partial charge in [0.05, 0.1) is 12.7 Å². The van der Waals surface area contributed by atoms with E-state index in [0.717, 1.165) is 17.7 Å². The van der Waals surface area contributed by atoms with Gasteiger partial charge in [0, 0.05) is 12.0 Å². The quantitative estimate of drug-likeness (QED) is 0.662. The Bertz CT molecular complexity index is 352. The van der Waals surface area contributed by atoms with Gasteiger partial charge in [-0.3, -0.25) is 0 Å². The van der Waals surface area contributed by atoms with Crippen molar-refractivity contribution in [2.24, 2.45) is 0 Å². The molecule has 0 aromatic heterocycles. The highest BCUT2D eigenvalue weighted by molar-refractivity contribution is 5.36. The lowest BCUT2D eigenvalue weighted by atomic mass is 10.0. The van der Waals surface area contributed by atoms with Gasteiger partial charge in [0.1, 0.15) is 12.4 Å². The molecule has 1 aromatic rings. The molecule has 1 aliphatic rings. The molecule has 72 valence electrons. The Balaban J connectivity index is 2.18. The standard InChI is InChI=1S/C12H12O2/c1-2-8-13-12-7-9-14-11-6-4-3-5-10(11)12/h1,3-6,12H,7-9H2. The van der Waals surface area contributed by atoms with E-state index in [-0.39, 0.29) is 6.10 Å². The summed E-state index contributed by atoms with van der Waals surface area (Å²) in [6, 6.07) is 7.93. The van der Waals surface area contributed by atoms with Gasteiger partial charge in [-0.15, -0.1) is 6.42 Å². The van der Waals surface area contributed by atoms with Crippen LogP contribution < -0.4 is 4.74 Å². The van der Waals surface area contributed by atoms with Gasteiger partial charge in [0.2, 0.25) is 0 Å². The molecular weight excluding hydrogens is 176 g/mol. The molecule has 0 amide bonds. The van der Waals surface area contributed by atoms with Gasteiger partial charge in [0.15, 0.2) is 0 Å². The molecule has 0 aliphatic carbocycles. The summed E-state index contributed by atoms with van der Waals surface area (Å²) in [6.45, 7) is 1.06. The van der Waals surface area contributed by atoms with E-state index in [1.807, 2.05) is 24.3 Å². The topological polar surface area (TPSA) is 18.5 Å². The van der Waals surface area contributed by atoms with Crippen molar-refractivity contribution in [2.45, 2.75) is 12.5 Å². The van der Waals surface area contributed by atoms with Crippen LogP contribution in [-0.4, -0.2) is 13.2 Å². The second-order valence-corrected chi connectivity index (χ2v) is 3.18. The first-order valence-electron chi connectivity index (χ1n) is 4.68. The predicted molar refractivity (Wildman–Crippen MR) is 54.1 cm³/mol. The maximum absolute atomic E-state index is 5.54. The second-order valence-electron chi connectivity index (χ2n) is 3.18. The maximum atomic E-state index is 5.54. The molecule has 14 heavy (non-hydrogen) atoms. The van der Waals surface area contributed by atoms with E-state index in [1.54, 1.807) is 0 Å². The third-order valence-corrected chi connectivity index (χ3v) is 2.27. The summed E-state index contributed by atoms with van der Waals surface area (Å²) in [4.78, 5) is 0. The molecule has 0 radical (unpaired) electrons. The van der Waals surface area contributed by atoms with Crippen LogP contribution in [-0.2, 0) is 4.74 Å². The number of ether oxygens (including phenoxy) is 2. The van der Waals surface area contributed by atoms with E-state index >= 15 is 0 Å². The summed E-state index contributed by atoms with van der Waals surface area (Å²) < 4.78 is 11.0. The van der Waals surface area contributed by atoms with E-state index in [4.69, 9.17) is 15.9 Å². The van der Waals surface area contributed by atoms with Crippen LogP contribution in [0.5, 0.6) is 5.75 Å². The second kappa shape index (κ2) is 4.17. The number of hydrogen-bond donors (Lipinski definition) is 0. The van der Waals surface area contributed by atoms with Crippen molar-refractivity contribution in [1.82, 2.24) is 0 Å². The Morgan fingerprint density at radius 2 is 2.36 bits per heavy atom. The van der Waals surface area contributed by atoms with Gasteiger partial charge in [-0.05, 0) is 6.07 Å². The molecule has 1 atom stereocenters. The molecule has 1 aliphatic heterocycles. The van der Waals surface area contributed by atoms with Crippen LogP contribution in [0.4, 0.5) is 0 Å². The number of hydrogen-bond acceptors (Lipinski definition) is 2. The molecule has 0 spiro atoms. The third-order valence-electron chi connectivity index (χ3n) is 2.27. The van der Waals surface area contributed by atoms with Gasteiger partial charge < -0.3 is 9.47 Å². The maximum Gasteiger partial charge on any atom is 0.125 e. The molecule has 1 unspecified atom stereocenters. The smallest absolute Gasteiger partial charge is 0.125 e. The Morgan fingerprint density at radius 3 is 3.21 bits per heavy atom. The third kappa shape index (κ3) is 1.73. The highest BCUT2D eigenvalue weighted by atomic mass is 16.5. The highest BCUT2D eigenvalue weighted by Crippen LogP contribution is 2.33. The van der Waals surface area contributed by atoms with E-state index < -0.39 is 0 Å². The number of fused-ring (bicyclic) bond motifs is 1. The van der Waals surface area contributed by atoms with Gasteiger partial charge in [-0.2, -0.15) is 0 Å².